The molecule has 0 aliphatic rings. The molecule has 2 N–H and O–H groups in total. The Labute approximate surface area is 133 Å². The number of nitrogens with zero attached hydrogens (tertiary/aromatic N) is 1. The van der Waals surface area contributed by atoms with Gasteiger partial charge in [0.25, 0.3) is 0 Å². The Morgan fingerprint density at radius 1 is 1.38 bits per heavy atom. The molecule has 0 radical (unpaired) electrons. The molecule has 0 saturated carbocycles. The number of rotatable bonds is 6. The van der Waals surface area contributed by atoms with Gasteiger partial charge in [0.2, 0.25) is 0 Å². The van der Waals surface area contributed by atoms with Crippen LogP contribution in [0.1, 0.15) is 19.4 Å². The molecule has 0 fully saturated rings. The van der Waals surface area contributed by atoms with Gasteiger partial charge in [-0.05, 0) is 31.0 Å². The Morgan fingerprint density at radius 3 is 2.62 bits per heavy atom. The molecule has 0 heterocycles. The fourth-order valence-corrected chi connectivity index (χ4v) is 2.41. The van der Waals surface area contributed by atoms with Crippen molar-refractivity contribution in [1.82, 2.24) is 10.2 Å². The molecule has 0 aliphatic carbocycles. The SMILES string of the molecule is CC(Cc1cccc(Br)c1)NC(=O)N(C)CC(C)C(=O)O. The zero-order valence-corrected chi connectivity index (χ0v) is 14.1. The highest BCUT2D eigenvalue weighted by Gasteiger charge is 2.18. The third-order valence-electron chi connectivity index (χ3n) is 3.12. The van der Waals surface area contributed by atoms with Crippen LogP contribution in [0.15, 0.2) is 28.7 Å². The van der Waals surface area contributed by atoms with Crippen LogP contribution >= 0.6 is 15.9 Å². The number of hydrogen-bond donors (Lipinski definition) is 2. The van der Waals surface area contributed by atoms with E-state index in [1.807, 2.05) is 31.2 Å². The first-order valence-corrected chi connectivity index (χ1v) is 7.57. The van der Waals surface area contributed by atoms with Crippen LogP contribution < -0.4 is 5.32 Å². The molecule has 2 unspecified atom stereocenters. The standard InChI is InChI=1S/C15H21BrN2O3/c1-10(14(19)20)9-18(3)15(21)17-11(2)7-12-5-4-6-13(16)8-12/h4-6,8,10-11H,7,9H2,1-3H3,(H,17,21)(H,19,20). The van der Waals surface area contributed by atoms with E-state index in [-0.39, 0.29) is 18.6 Å². The van der Waals surface area contributed by atoms with E-state index >= 15 is 0 Å². The van der Waals surface area contributed by atoms with E-state index in [0.717, 1.165) is 10.0 Å². The van der Waals surface area contributed by atoms with Crippen molar-refractivity contribution >= 4 is 27.9 Å². The van der Waals surface area contributed by atoms with Crippen LogP contribution in [0, 0.1) is 5.92 Å². The molecule has 1 aromatic carbocycles. The third kappa shape index (κ3) is 6.16. The van der Waals surface area contributed by atoms with Gasteiger partial charge in [-0.25, -0.2) is 4.79 Å². The summed E-state index contributed by atoms with van der Waals surface area (Å²) in [5, 5.41) is 11.7. The number of halogens is 1. The van der Waals surface area contributed by atoms with E-state index in [9.17, 15) is 9.59 Å². The summed E-state index contributed by atoms with van der Waals surface area (Å²) in [4.78, 5) is 24.2. The summed E-state index contributed by atoms with van der Waals surface area (Å²) in [5.74, 6) is -1.49. The molecule has 0 spiro atoms. The Morgan fingerprint density at radius 2 is 2.05 bits per heavy atom. The summed E-state index contributed by atoms with van der Waals surface area (Å²) >= 11 is 3.42. The predicted molar refractivity (Wildman–Crippen MR) is 85.3 cm³/mol. The highest BCUT2D eigenvalue weighted by molar-refractivity contribution is 9.10. The number of carboxylic acid groups (broad SMARTS) is 1. The quantitative estimate of drug-likeness (QED) is 0.823. The second-order valence-electron chi connectivity index (χ2n) is 5.30. The lowest BCUT2D eigenvalue weighted by Gasteiger charge is -2.23. The number of carbonyl (C=O) groups is 2. The summed E-state index contributed by atoms with van der Waals surface area (Å²) in [7, 11) is 1.60. The average molecular weight is 357 g/mol. The van der Waals surface area contributed by atoms with Crippen LogP contribution in [0.2, 0.25) is 0 Å². The van der Waals surface area contributed by atoms with E-state index in [2.05, 4.69) is 21.2 Å². The van der Waals surface area contributed by atoms with Crippen molar-refractivity contribution in [2.75, 3.05) is 13.6 Å². The summed E-state index contributed by atoms with van der Waals surface area (Å²) in [6.45, 7) is 3.69. The molecule has 2 atom stereocenters. The minimum atomic E-state index is -0.906. The molecule has 21 heavy (non-hydrogen) atoms. The number of carboxylic acids is 1. The number of hydrogen-bond acceptors (Lipinski definition) is 2. The summed E-state index contributed by atoms with van der Waals surface area (Å²) in [6, 6.07) is 7.63. The van der Waals surface area contributed by atoms with Crippen molar-refractivity contribution in [3.63, 3.8) is 0 Å². The topological polar surface area (TPSA) is 69.6 Å². The van der Waals surface area contributed by atoms with Crippen molar-refractivity contribution in [1.29, 1.82) is 0 Å². The van der Waals surface area contributed by atoms with Crippen LogP contribution in [0.3, 0.4) is 0 Å². The molecular formula is C15H21BrN2O3. The first-order valence-electron chi connectivity index (χ1n) is 6.78. The van der Waals surface area contributed by atoms with E-state index < -0.39 is 11.9 Å². The molecule has 0 aromatic heterocycles. The minimum absolute atomic E-state index is 0.0330. The molecule has 0 saturated heterocycles. The van der Waals surface area contributed by atoms with Gasteiger partial charge in [0.15, 0.2) is 0 Å². The number of aliphatic carboxylic acids is 1. The van der Waals surface area contributed by atoms with Crippen LogP contribution in [0.25, 0.3) is 0 Å². The van der Waals surface area contributed by atoms with Gasteiger partial charge in [0.05, 0.1) is 5.92 Å². The van der Waals surface area contributed by atoms with Gasteiger partial charge in [-0.2, -0.15) is 0 Å². The number of urea groups is 1. The Hall–Kier alpha value is -1.56. The van der Waals surface area contributed by atoms with Gasteiger partial charge in [-0.1, -0.05) is 35.0 Å². The molecule has 6 heteroatoms. The van der Waals surface area contributed by atoms with E-state index in [1.165, 1.54) is 4.90 Å². The van der Waals surface area contributed by atoms with E-state index in [1.54, 1.807) is 14.0 Å². The first kappa shape index (κ1) is 17.5. The normalized spacial score (nSPS) is 13.3. The minimum Gasteiger partial charge on any atom is -0.481 e. The van der Waals surface area contributed by atoms with Crippen molar-refractivity contribution in [2.24, 2.45) is 5.92 Å². The predicted octanol–water partition coefficient (Wildman–Crippen LogP) is 2.74. The lowest BCUT2D eigenvalue weighted by Crippen LogP contribution is -2.44. The fourth-order valence-electron chi connectivity index (χ4n) is 1.96. The highest BCUT2D eigenvalue weighted by Crippen LogP contribution is 2.13. The van der Waals surface area contributed by atoms with Gasteiger partial charge in [-0.3, -0.25) is 4.79 Å². The summed E-state index contributed by atoms with van der Waals surface area (Å²) in [5.41, 5.74) is 1.12. The lowest BCUT2D eigenvalue weighted by atomic mass is 10.1. The largest absolute Gasteiger partial charge is 0.481 e. The number of amides is 2. The van der Waals surface area contributed by atoms with Crippen LogP contribution in [0.4, 0.5) is 4.79 Å². The third-order valence-corrected chi connectivity index (χ3v) is 3.61. The number of nitrogens with one attached hydrogen (secondary N) is 1. The Balaban J connectivity index is 2.48. The fraction of sp³-hybridized carbons (Fsp3) is 0.467. The maximum Gasteiger partial charge on any atom is 0.317 e. The Kier molecular flexibility index (Phi) is 6.68. The van der Waals surface area contributed by atoms with Gasteiger partial charge >= 0.3 is 12.0 Å². The molecule has 2 amide bonds. The van der Waals surface area contributed by atoms with Crippen LogP contribution in [0.5, 0.6) is 0 Å². The molecule has 1 aromatic rings. The highest BCUT2D eigenvalue weighted by atomic mass is 79.9. The maximum atomic E-state index is 12.0. The zero-order chi connectivity index (χ0) is 16.0. The maximum absolute atomic E-state index is 12.0. The van der Waals surface area contributed by atoms with Gasteiger partial charge in [-0.15, -0.1) is 0 Å². The summed E-state index contributed by atoms with van der Waals surface area (Å²) < 4.78 is 1.01. The molecule has 0 aliphatic heterocycles. The van der Waals surface area contributed by atoms with Crippen LogP contribution in [-0.4, -0.2) is 41.6 Å². The summed E-state index contributed by atoms with van der Waals surface area (Å²) in [6.07, 6.45) is 0.716. The van der Waals surface area contributed by atoms with Crippen molar-refractivity contribution in [2.45, 2.75) is 26.3 Å². The van der Waals surface area contributed by atoms with E-state index in [4.69, 9.17) is 5.11 Å². The van der Waals surface area contributed by atoms with Crippen molar-refractivity contribution in [3.05, 3.63) is 34.3 Å². The zero-order valence-electron chi connectivity index (χ0n) is 12.5. The van der Waals surface area contributed by atoms with Gasteiger partial charge in [0, 0.05) is 24.1 Å². The molecular weight excluding hydrogens is 336 g/mol. The molecule has 5 nitrogen and oxygen atoms in total. The monoisotopic (exact) mass is 356 g/mol. The second kappa shape index (κ2) is 8.02. The van der Waals surface area contributed by atoms with Crippen molar-refractivity contribution < 1.29 is 14.7 Å². The number of carbonyl (C=O) groups excluding carboxylic acids is 1. The molecule has 116 valence electrons. The van der Waals surface area contributed by atoms with Crippen molar-refractivity contribution in [3.8, 4) is 0 Å². The average Bonchev–Trinajstić information content (AvgIpc) is 2.37. The van der Waals surface area contributed by atoms with Gasteiger partial charge < -0.3 is 15.3 Å². The van der Waals surface area contributed by atoms with Crippen LogP contribution in [-0.2, 0) is 11.2 Å². The lowest BCUT2D eigenvalue weighted by molar-refractivity contribution is -0.141. The second-order valence-corrected chi connectivity index (χ2v) is 6.22. The van der Waals surface area contributed by atoms with Gasteiger partial charge in [0.1, 0.15) is 0 Å². The molecule has 0 bridgehead atoms. The molecule has 1 rings (SSSR count). The Bertz CT molecular complexity index is 507. The number of benzene rings is 1. The van der Waals surface area contributed by atoms with E-state index in [0.29, 0.717) is 6.42 Å². The first-order chi connectivity index (χ1) is 9.79. The smallest absolute Gasteiger partial charge is 0.317 e.